The van der Waals surface area contributed by atoms with Crippen molar-refractivity contribution in [2.75, 3.05) is 10.6 Å². The van der Waals surface area contributed by atoms with Gasteiger partial charge in [0.1, 0.15) is 11.8 Å². The molecule has 0 radical (unpaired) electrons. The first-order valence-corrected chi connectivity index (χ1v) is 8.62. The number of para-hydroxylation sites is 2. The van der Waals surface area contributed by atoms with E-state index in [1.165, 1.54) is 0 Å². The molecular formula is C22H15N5O. The summed E-state index contributed by atoms with van der Waals surface area (Å²) in [6.07, 6.45) is 3.24. The number of carbonyl (C=O) groups excluding carboxylic acids is 1. The van der Waals surface area contributed by atoms with Gasteiger partial charge in [-0.25, -0.2) is 0 Å². The maximum atomic E-state index is 12.7. The fraction of sp³-hybridized carbons (Fsp3) is 0. The maximum Gasteiger partial charge on any atom is 0.274 e. The van der Waals surface area contributed by atoms with E-state index in [1.54, 1.807) is 48.8 Å². The van der Waals surface area contributed by atoms with E-state index in [-0.39, 0.29) is 11.6 Å². The van der Waals surface area contributed by atoms with Gasteiger partial charge < -0.3 is 10.6 Å². The summed E-state index contributed by atoms with van der Waals surface area (Å²) in [7, 11) is 0. The zero-order valence-corrected chi connectivity index (χ0v) is 14.8. The molecule has 0 saturated carbocycles. The Labute approximate surface area is 161 Å². The molecule has 6 nitrogen and oxygen atoms in total. The van der Waals surface area contributed by atoms with Crippen LogP contribution in [0.4, 0.5) is 17.1 Å². The number of benzene rings is 2. The zero-order valence-electron chi connectivity index (χ0n) is 14.8. The van der Waals surface area contributed by atoms with Crippen LogP contribution in [-0.4, -0.2) is 15.9 Å². The van der Waals surface area contributed by atoms with Crippen LogP contribution in [0.5, 0.6) is 0 Å². The highest BCUT2D eigenvalue weighted by molar-refractivity contribution is 6.07. The van der Waals surface area contributed by atoms with Crippen LogP contribution < -0.4 is 10.6 Å². The molecule has 0 unspecified atom stereocenters. The number of rotatable bonds is 4. The minimum atomic E-state index is -0.338. The summed E-state index contributed by atoms with van der Waals surface area (Å²) in [6.45, 7) is 0. The number of hydrogen-bond donors (Lipinski definition) is 2. The van der Waals surface area contributed by atoms with E-state index in [1.807, 2.05) is 30.3 Å². The molecule has 4 aromatic rings. The van der Waals surface area contributed by atoms with Gasteiger partial charge in [-0.1, -0.05) is 30.3 Å². The van der Waals surface area contributed by atoms with Crippen LogP contribution in [-0.2, 0) is 0 Å². The highest BCUT2D eigenvalue weighted by Crippen LogP contribution is 2.23. The quantitative estimate of drug-likeness (QED) is 0.556. The van der Waals surface area contributed by atoms with Gasteiger partial charge in [-0.15, -0.1) is 0 Å². The molecule has 2 aromatic heterocycles. The Morgan fingerprint density at radius 1 is 0.893 bits per heavy atom. The van der Waals surface area contributed by atoms with E-state index < -0.39 is 0 Å². The van der Waals surface area contributed by atoms with E-state index in [9.17, 15) is 10.1 Å². The van der Waals surface area contributed by atoms with Gasteiger partial charge >= 0.3 is 0 Å². The van der Waals surface area contributed by atoms with E-state index >= 15 is 0 Å². The van der Waals surface area contributed by atoms with Crippen LogP contribution in [0, 0.1) is 11.3 Å². The largest absolute Gasteiger partial charge is 0.354 e. The van der Waals surface area contributed by atoms with Crippen molar-refractivity contribution in [2.24, 2.45) is 0 Å². The number of carbonyl (C=O) groups is 1. The van der Waals surface area contributed by atoms with Crippen molar-refractivity contribution in [3.05, 3.63) is 90.4 Å². The molecule has 2 aromatic carbocycles. The Kier molecular flexibility index (Phi) is 4.64. The molecule has 0 fully saturated rings. The van der Waals surface area contributed by atoms with Crippen molar-refractivity contribution in [1.29, 1.82) is 5.26 Å². The van der Waals surface area contributed by atoms with Gasteiger partial charge in [-0.05, 0) is 36.4 Å². The number of pyridine rings is 2. The second-order valence-electron chi connectivity index (χ2n) is 6.05. The lowest BCUT2D eigenvalue weighted by Gasteiger charge is -2.10. The second-order valence-corrected chi connectivity index (χ2v) is 6.05. The summed E-state index contributed by atoms with van der Waals surface area (Å²) in [6, 6.07) is 22.1. The van der Waals surface area contributed by atoms with Gasteiger partial charge in [0.05, 0.1) is 22.5 Å². The van der Waals surface area contributed by atoms with E-state index in [0.29, 0.717) is 22.6 Å². The first-order valence-electron chi connectivity index (χ1n) is 8.62. The third-order valence-electron chi connectivity index (χ3n) is 4.20. The number of nitriles is 1. The number of hydrogen-bond acceptors (Lipinski definition) is 5. The number of amides is 1. The van der Waals surface area contributed by atoms with Crippen LogP contribution in [0.25, 0.3) is 10.9 Å². The van der Waals surface area contributed by atoms with Gasteiger partial charge in [0, 0.05) is 23.5 Å². The lowest BCUT2D eigenvalue weighted by atomic mass is 10.2. The Hall–Kier alpha value is -4.24. The van der Waals surface area contributed by atoms with Crippen molar-refractivity contribution in [1.82, 2.24) is 9.97 Å². The molecule has 0 spiro atoms. The Morgan fingerprint density at radius 3 is 2.61 bits per heavy atom. The summed E-state index contributed by atoms with van der Waals surface area (Å²) in [4.78, 5) is 21.2. The average Bonchev–Trinajstić information content (AvgIpc) is 2.74. The molecule has 2 heterocycles. The molecule has 0 aliphatic rings. The first-order chi connectivity index (χ1) is 13.7. The molecule has 0 aliphatic heterocycles. The minimum Gasteiger partial charge on any atom is -0.354 e. The Morgan fingerprint density at radius 2 is 1.71 bits per heavy atom. The molecule has 0 saturated heterocycles. The predicted octanol–water partition coefficient (Wildman–Crippen LogP) is 4.50. The van der Waals surface area contributed by atoms with Crippen molar-refractivity contribution in [3.8, 4) is 6.07 Å². The fourth-order valence-electron chi connectivity index (χ4n) is 2.87. The Balaban J connectivity index is 1.59. The predicted molar refractivity (Wildman–Crippen MR) is 108 cm³/mol. The monoisotopic (exact) mass is 365 g/mol. The topological polar surface area (TPSA) is 90.7 Å². The summed E-state index contributed by atoms with van der Waals surface area (Å²) < 4.78 is 0. The highest BCUT2D eigenvalue weighted by Gasteiger charge is 2.11. The molecule has 4 rings (SSSR count). The van der Waals surface area contributed by atoms with Crippen LogP contribution in [0.2, 0.25) is 0 Å². The molecule has 1 amide bonds. The SMILES string of the molecule is N#Cc1ccccc1Nc1ccnc(C(=O)Nc2cccc3cccnc23)c1. The van der Waals surface area contributed by atoms with Gasteiger partial charge in [-0.2, -0.15) is 5.26 Å². The van der Waals surface area contributed by atoms with Crippen molar-refractivity contribution >= 4 is 33.9 Å². The van der Waals surface area contributed by atoms with Crippen molar-refractivity contribution in [2.45, 2.75) is 0 Å². The lowest BCUT2D eigenvalue weighted by Crippen LogP contribution is -2.14. The number of fused-ring (bicyclic) bond motifs is 1. The van der Waals surface area contributed by atoms with Crippen molar-refractivity contribution < 1.29 is 4.79 Å². The van der Waals surface area contributed by atoms with Gasteiger partial charge in [-0.3, -0.25) is 14.8 Å². The molecule has 6 heteroatoms. The Bertz CT molecular complexity index is 1210. The molecule has 134 valence electrons. The third-order valence-corrected chi connectivity index (χ3v) is 4.20. The molecule has 0 atom stereocenters. The van der Waals surface area contributed by atoms with Crippen molar-refractivity contribution in [3.63, 3.8) is 0 Å². The maximum absolute atomic E-state index is 12.7. The number of nitrogens with zero attached hydrogens (tertiary/aromatic N) is 3. The van der Waals surface area contributed by atoms with Crippen LogP contribution in [0.3, 0.4) is 0 Å². The third kappa shape index (κ3) is 3.50. The van der Waals surface area contributed by atoms with Crippen LogP contribution in [0.1, 0.15) is 16.1 Å². The van der Waals surface area contributed by atoms with Gasteiger partial charge in [0.25, 0.3) is 5.91 Å². The van der Waals surface area contributed by atoms with E-state index in [0.717, 1.165) is 10.9 Å². The number of aromatic nitrogens is 2. The van der Waals surface area contributed by atoms with E-state index in [2.05, 4.69) is 26.7 Å². The number of anilines is 3. The molecule has 28 heavy (non-hydrogen) atoms. The molecule has 0 aliphatic carbocycles. The first kappa shape index (κ1) is 17.2. The second kappa shape index (κ2) is 7.56. The lowest BCUT2D eigenvalue weighted by molar-refractivity contribution is 0.102. The van der Waals surface area contributed by atoms with Crippen LogP contribution >= 0.6 is 0 Å². The summed E-state index contributed by atoms with van der Waals surface area (Å²) in [5.41, 5.74) is 3.45. The normalized spacial score (nSPS) is 10.2. The fourth-order valence-corrected chi connectivity index (χ4v) is 2.87. The molecule has 2 N–H and O–H groups in total. The molecule has 0 bridgehead atoms. The minimum absolute atomic E-state index is 0.257. The summed E-state index contributed by atoms with van der Waals surface area (Å²) >= 11 is 0. The smallest absolute Gasteiger partial charge is 0.274 e. The van der Waals surface area contributed by atoms with E-state index in [4.69, 9.17) is 0 Å². The van der Waals surface area contributed by atoms with Gasteiger partial charge in [0.15, 0.2) is 0 Å². The van der Waals surface area contributed by atoms with Gasteiger partial charge in [0.2, 0.25) is 0 Å². The number of nitrogens with one attached hydrogen (secondary N) is 2. The molecular weight excluding hydrogens is 350 g/mol. The standard InChI is InChI=1S/C22H15N5O/c23-14-16-5-1-2-8-18(16)26-17-10-12-24-20(13-17)22(28)27-19-9-3-6-15-7-4-11-25-21(15)19/h1-13H,(H,24,26)(H,27,28). The average molecular weight is 365 g/mol. The highest BCUT2D eigenvalue weighted by atomic mass is 16.1. The summed E-state index contributed by atoms with van der Waals surface area (Å²) in [5, 5.41) is 16.2. The zero-order chi connectivity index (χ0) is 19.3. The van der Waals surface area contributed by atoms with Crippen LogP contribution in [0.15, 0.2) is 79.1 Å². The summed E-state index contributed by atoms with van der Waals surface area (Å²) in [5.74, 6) is -0.338.